The third-order valence-corrected chi connectivity index (χ3v) is 3.93. The van der Waals surface area contributed by atoms with Gasteiger partial charge in [-0.1, -0.05) is 0 Å². The molecule has 94 valence electrons. The van der Waals surface area contributed by atoms with Crippen molar-refractivity contribution in [3.63, 3.8) is 0 Å². The van der Waals surface area contributed by atoms with E-state index in [2.05, 4.69) is 29.5 Å². The van der Waals surface area contributed by atoms with Gasteiger partial charge in [-0.3, -0.25) is 4.79 Å². The van der Waals surface area contributed by atoms with E-state index in [0.29, 0.717) is 19.0 Å². The number of amides is 1. The Balaban J connectivity index is 1.71. The Hall–Kier alpha value is -0.940. The molecule has 1 amide bonds. The number of thiazole rings is 1. The molecular formula is C12H19N3OS. The Morgan fingerprint density at radius 1 is 1.59 bits per heavy atom. The maximum atomic E-state index is 11.5. The molecule has 0 aliphatic heterocycles. The topological polar surface area (TPSA) is 54.0 Å². The maximum Gasteiger partial charge on any atom is 0.221 e. The van der Waals surface area contributed by atoms with Gasteiger partial charge >= 0.3 is 0 Å². The van der Waals surface area contributed by atoms with Crippen molar-refractivity contribution in [3.8, 4) is 0 Å². The van der Waals surface area contributed by atoms with E-state index in [1.54, 1.807) is 11.3 Å². The van der Waals surface area contributed by atoms with Crippen molar-refractivity contribution in [2.45, 2.75) is 44.7 Å². The third-order valence-electron chi connectivity index (χ3n) is 2.83. The lowest BCUT2D eigenvalue weighted by Gasteiger charge is -2.23. The van der Waals surface area contributed by atoms with E-state index in [4.69, 9.17) is 0 Å². The lowest BCUT2D eigenvalue weighted by atomic mass is 10.1. The average molecular weight is 253 g/mol. The van der Waals surface area contributed by atoms with E-state index in [0.717, 1.165) is 17.8 Å². The van der Waals surface area contributed by atoms with Crippen LogP contribution in [0.15, 0.2) is 11.6 Å². The molecule has 0 saturated heterocycles. The van der Waals surface area contributed by atoms with Crippen LogP contribution in [0.1, 0.15) is 38.1 Å². The number of rotatable bonds is 6. The monoisotopic (exact) mass is 253 g/mol. The number of carbonyl (C=O) groups excluding carboxylic acids is 1. The fourth-order valence-corrected chi connectivity index (χ4v) is 2.36. The molecule has 2 N–H and O–H groups in total. The lowest BCUT2D eigenvalue weighted by Crippen LogP contribution is -2.39. The summed E-state index contributed by atoms with van der Waals surface area (Å²) in [6.45, 7) is 4.86. The van der Waals surface area contributed by atoms with Crippen LogP contribution in [0.2, 0.25) is 0 Å². The predicted molar refractivity (Wildman–Crippen MR) is 68.9 cm³/mol. The van der Waals surface area contributed by atoms with E-state index in [-0.39, 0.29) is 11.4 Å². The van der Waals surface area contributed by atoms with Gasteiger partial charge in [0.05, 0.1) is 5.54 Å². The molecule has 1 heterocycles. The molecular weight excluding hydrogens is 234 g/mol. The molecule has 4 nitrogen and oxygen atoms in total. The Morgan fingerprint density at radius 3 is 2.94 bits per heavy atom. The van der Waals surface area contributed by atoms with Gasteiger partial charge in [0.25, 0.3) is 0 Å². The minimum atomic E-state index is -0.159. The van der Waals surface area contributed by atoms with Crippen molar-refractivity contribution in [3.05, 3.63) is 16.6 Å². The van der Waals surface area contributed by atoms with Crippen molar-refractivity contribution in [1.29, 1.82) is 0 Å². The Morgan fingerprint density at radius 2 is 2.35 bits per heavy atom. The van der Waals surface area contributed by atoms with Gasteiger partial charge in [0.2, 0.25) is 5.91 Å². The number of nitrogens with zero attached hydrogens (tertiary/aromatic N) is 1. The Bertz CT molecular complexity index is 371. The van der Waals surface area contributed by atoms with Crippen LogP contribution in [0.5, 0.6) is 0 Å². The van der Waals surface area contributed by atoms with Gasteiger partial charge in [-0.2, -0.15) is 0 Å². The van der Waals surface area contributed by atoms with E-state index >= 15 is 0 Å². The van der Waals surface area contributed by atoms with Gasteiger partial charge in [-0.05, 0) is 26.7 Å². The van der Waals surface area contributed by atoms with Crippen LogP contribution in [-0.4, -0.2) is 23.5 Å². The summed E-state index contributed by atoms with van der Waals surface area (Å²) >= 11 is 1.64. The third kappa shape index (κ3) is 3.78. The number of hydrogen-bond donors (Lipinski definition) is 2. The summed E-state index contributed by atoms with van der Waals surface area (Å²) in [4.78, 5) is 15.8. The van der Waals surface area contributed by atoms with Crippen LogP contribution in [0.25, 0.3) is 0 Å². The molecule has 17 heavy (non-hydrogen) atoms. The molecule has 1 fully saturated rings. The van der Waals surface area contributed by atoms with E-state index in [1.807, 2.05) is 11.6 Å². The summed E-state index contributed by atoms with van der Waals surface area (Å²) in [6, 6.07) is 0.453. The second-order valence-corrected chi connectivity index (χ2v) is 5.88. The number of aromatic nitrogens is 1. The first kappa shape index (κ1) is 12.5. The first-order valence-electron chi connectivity index (χ1n) is 6.02. The summed E-state index contributed by atoms with van der Waals surface area (Å²) in [5, 5.41) is 9.38. The van der Waals surface area contributed by atoms with E-state index in [9.17, 15) is 4.79 Å². The van der Waals surface area contributed by atoms with Gasteiger partial charge in [0, 0.05) is 30.6 Å². The predicted octanol–water partition coefficient (Wildman–Crippen LogP) is 1.64. The molecule has 1 saturated carbocycles. The van der Waals surface area contributed by atoms with E-state index < -0.39 is 0 Å². The zero-order valence-corrected chi connectivity index (χ0v) is 11.1. The standard InChI is InChI=1S/C12H19N3OS/c1-12(2,11-13-7-8-17-11)14-6-5-10(16)15-9-3-4-9/h7-9,14H,3-6H2,1-2H3,(H,15,16). The highest BCUT2D eigenvalue weighted by molar-refractivity contribution is 7.09. The SMILES string of the molecule is CC(C)(NCCC(=O)NC1CC1)c1nccs1. The summed E-state index contributed by atoms with van der Waals surface area (Å²) < 4.78 is 0. The number of nitrogens with one attached hydrogen (secondary N) is 2. The van der Waals surface area contributed by atoms with Gasteiger partial charge in [-0.15, -0.1) is 11.3 Å². The summed E-state index contributed by atoms with van der Waals surface area (Å²) in [6.07, 6.45) is 4.63. The Kier molecular flexibility index (Phi) is 3.79. The van der Waals surface area contributed by atoms with E-state index in [1.165, 1.54) is 0 Å². The zero-order chi connectivity index (χ0) is 12.3. The molecule has 1 aliphatic rings. The van der Waals surface area contributed by atoms with Crippen molar-refractivity contribution < 1.29 is 4.79 Å². The summed E-state index contributed by atoms with van der Waals surface area (Å²) in [7, 11) is 0. The normalized spacial score (nSPS) is 15.9. The Labute approximate surface area is 106 Å². The highest BCUT2D eigenvalue weighted by Crippen LogP contribution is 2.22. The molecule has 1 aromatic heterocycles. The van der Waals surface area contributed by atoms with Gasteiger partial charge in [0.15, 0.2) is 0 Å². The molecule has 0 radical (unpaired) electrons. The van der Waals surface area contributed by atoms with Crippen LogP contribution < -0.4 is 10.6 Å². The first-order valence-corrected chi connectivity index (χ1v) is 6.90. The minimum absolute atomic E-state index is 0.148. The fraction of sp³-hybridized carbons (Fsp3) is 0.667. The molecule has 0 spiro atoms. The van der Waals surface area contributed by atoms with Crippen LogP contribution in [-0.2, 0) is 10.3 Å². The molecule has 5 heteroatoms. The highest BCUT2D eigenvalue weighted by Gasteiger charge is 2.24. The second kappa shape index (κ2) is 5.14. The van der Waals surface area contributed by atoms with Crippen LogP contribution in [0.4, 0.5) is 0 Å². The van der Waals surface area contributed by atoms with Gasteiger partial charge in [-0.25, -0.2) is 4.98 Å². The molecule has 0 atom stereocenters. The molecule has 0 unspecified atom stereocenters. The molecule has 2 rings (SSSR count). The average Bonchev–Trinajstić information content (AvgIpc) is 2.89. The molecule has 1 aromatic rings. The summed E-state index contributed by atoms with van der Waals surface area (Å²) in [5.41, 5.74) is -0.159. The fourth-order valence-electron chi connectivity index (χ4n) is 1.62. The minimum Gasteiger partial charge on any atom is -0.353 e. The second-order valence-electron chi connectivity index (χ2n) is 4.98. The quantitative estimate of drug-likeness (QED) is 0.810. The highest BCUT2D eigenvalue weighted by atomic mass is 32.1. The number of hydrogen-bond acceptors (Lipinski definition) is 4. The van der Waals surface area contributed by atoms with Gasteiger partial charge < -0.3 is 10.6 Å². The largest absolute Gasteiger partial charge is 0.353 e. The van der Waals surface area contributed by atoms with Crippen molar-refractivity contribution in [2.75, 3.05) is 6.54 Å². The van der Waals surface area contributed by atoms with Crippen LogP contribution in [0.3, 0.4) is 0 Å². The zero-order valence-electron chi connectivity index (χ0n) is 10.3. The first-order chi connectivity index (χ1) is 8.08. The molecule has 0 bridgehead atoms. The molecule has 0 aromatic carbocycles. The van der Waals surface area contributed by atoms with Crippen LogP contribution >= 0.6 is 11.3 Å². The van der Waals surface area contributed by atoms with Crippen molar-refractivity contribution in [2.24, 2.45) is 0 Å². The van der Waals surface area contributed by atoms with Crippen molar-refractivity contribution in [1.82, 2.24) is 15.6 Å². The van der Waals surface area contributed by atoms with Crippen LogP contribution in [0, 0.1) is 0 Å². The molecule has 1 aliphatic carbocycles. The lowest BCUT2D eigenvalue weighted by molar-refractivity contribution is -0.121. The summed E-state index contributed by atoms with van der Waals surface area (Å²) in [5.74, 6) is 0.148. The number of carbonyl (C=O) groups is 1. The smallest absolute Gasteiger partial charge is 0.221 e. The maximum absolute atomic E-state index is 11.5. The van der Waals surface area contributed by atoms with Crippen molar-refractivity contribution >= 4 is 17.2 Å². The van der Waals surface area contributed by atoms with Gasteiger partial charge in [0.1, 0.15) is 5.01 Å².